The molecule has 0 bridgehead atoms. The maximum Gasteiger partial charge on any atom is 0.182 e. The fourth-order valence-electron chi connectivity index (χ4n) is 2.07. The number of anilines is 1. The van der Waals surface area contributed by atoms with Crippen molar-refractivity contribution in [1.29, 1.82) is 0 Å². The Kier molecular flexibility index (Phi) is 3.31. The SMILES string of the molecule is CN1CCOC[C@@H]1c1csc(NCC2CC2)n1. The molecule has 1 saturated carbocycles. The summed E-state index contributed by atoms with van der Waals surface area (Å²) < 4.78 is 5.53. The Balaban J connectivity index is 1.61. The molecule has 17 heavy (non-hydrogen) atoms. The molecular weight excluding hydrogens is 234 g/mol. The summed E-state index contributed by atoms with van der Waals surface area (Å²) in [5.74, 6) is 0.892. The highest BCUT2D eigenvalue weighted by molar-refractivity contribution is 7.13. The molecule has 1 N–H and O–H groups in total. The zero-order valence-electron chi connectivity index (χ0n) is 10.2. The maximum atomic E-state index is 5.53. The van der Waals surface area contributed by atoms with Crippen LogP contribution in [0.15, 0.2) is 5.38 Å². The smallest absolute Gasteiger partial charge is 0.182 e. The fraction of sp³-hybridized carbons (Fsp3) is 0.750. The third-order valence-corrected chi connectivity index (χ3v) is 4.32. The first-order valence-electron chi connectivity index (χ1n) is 6.30. The van der Waals surface area contributed by atoms with Crippen LogP contribution in [0.25, 0.3) is 0 Å². The minimum atomic E-state index is 0.330. The normalized spacial score (nSPS) is 26.1. The van der Waals surface area contributed by atoms with Gasteiger partial charge in [0.25, 0.3) is 0 Å². The van der Waals surface area contributed by atoms with Crippen molar-refractivity contribution in [2.75, 3.05) is 38.7 Å². The summed E-state index contributed by atoms with van der Waals surface area (Å²) in [4.78, 5) is 6.99. The summed E-state index contributed by atoms with van der Waals surface area (Å²) in [5, 5.41) is 6.65. The molecule has 1 saturated heterocycles. The van der Waals surface area contributed by atoms with Gasteiger partial charge in [0.15, 0.2) is 5.13 Å². The predicted octanol–water partition coefficient (Wildman–Crippen LogP) is 1.97. The number of aromatic nitrogens is 1. The Bertz CT molecular complexity index is 378. The first-order valence-corrected chi connectivity index (χ1v) is 7.18. The molecular formula is C12H19N3OS. The molecule has 94 valence electrons. The third kappa shape index (κ3) is 2.78. The number of morpholine rings is 1. The lowest BCUT2D eigenvalue weighted by atomic mass is 10.2. The number of ether oxygens (including phenoxy) is 1. The van der Waals surface area contributed by atoms with Gasteiger partial charge in [0.2, 0.25) is 0 Å². The molecule has 1 aliphatic carbocycles. The van der Waals surface area contributed by atoms with E-state index in [0.29, 0.717) is 6.04 Å². The predicted molar refractivity (Wildman–Crippen MR) is 69.5 cm³/mol. The topological polar surface area (TPSA) is 37.4 Å². The lowest BCUT2D eigenvalue weighted by Gasteiger charge is -2.31. The van der Waals surface area contributed by atoms with Gasteiger partial charge in [-0.25, -0.2) is 4.98 Å². The largest absolute Gasteiger partial charge is 0.378 e. The zero-order valence-corrected chi connectivity index (χ0v) is 11.0. The van der Waals surface area contributed by atoms with Crippen LogP contribution in [0.2, 0.25) is 0 Å². The van der Waals surface area contributed by atoms with E-state index in [0.717, 1.165) is 43.0 Å². The monoisotopic (exact) mass is 253 g/mol. The zero-order chi connectivity index (χ0) is 11.7. The Morgan fingerprint density at radius 3 is 3.24 bits per heavy atom. The molecule has 0 aromatic carbocycles. The molecule has 0 radical (unpaired) electrons. The summed E-state index contributed by atoms with van der Waals surface area (Å²) >= 11 is 1.71. The van der Waals surface area contributed by atoms with E-state index in [1.807, 2.05) is 0 Å². The highest BCUT2D eigenvalue weighted by Gasteiger charge is 2.24. The van der Waals surface area contributed by atoms with Gasteiger partial charge in [-0.2, -0.15) is 0 Å². The van der Waals surface area contributed by atoms with Crippen LogP contribution in [0.4, 0.5) is 5.13 Å². The Labute approximate surface area is 106 Å². The van der Waals surface area contributed by atoms with Crippen molar-refractivity contribution in [2.45, 2.75) is 18.9 Å². The van der Waals surface area contributed by atoms with Crippen molar-refractivity contribution in [1.82, 2.24) is 9.88 Å². The number of nitrogens with zero attached hydrogens (tertiary/aromatic N) is 2. The van der Waals surface area contributed by atoms with Crippen LogP contribution >= 0.6 is 11.3 Å². The molecule has 5 heteroatoms. The minimum absolute atomic E-state index is 0.330. The van der Waals surface area contributed by atoms with E-state index in [4.69, 9.17) is 4.74 Å². The summed E-state index contributed by atoms with van der Waals surface area (Å²) in [7, 11) is 2.14. The Hall–Kier alpha value is -0.650. The third-order valence-electron chi connectivity index (χ3n) is 3.50. The van der Waals surface area contributed by atoms with Crippen LogP contribution in [0.3, 0.4) is 0 Å². The van der Waals surface area contributed by atoms with E-state index < -0.39 is 0 Å². The van der Waals surface area contributed by atoms with Gasteiger partial charge < -0.3 is 10.1 Å². The van der Waals surface area contributed by atoms with Crippen LogP contribution < -0.4 is 5.32 Å². The van der Waals surface area contributed by atoms with E-state index in [-0.39, 0.29) is 0 Å². The Morgan fingerprint density at radius 1 is 1.59 bits per heavy atom. The van der Waals surface area contributed by atoms with Gasteiger partial charge in [-0.05, 0) is 25.8 Å². The van der Waals surface area contributed by atoms with E-state index in [1.165, 1.54) is 12.8 Å². The average molecular weight is 253 g/mol. The molecule has 1 aliphatic heterocycles. The van der Waals surface area contributed by atoms with Crippen molar-refractivity contribution < 1.29 is 4.74 Å². The lowest BCUT2D eigenvalue weighted by molar-refractivity contribution is 0.00377. The van der Waals surface area contributed by atoms with Crippen molar-refractivity contribution >= 4 is 16.5 Å². The van der Waals surface area contributed by atoms with Crippen LogP contribution in [0, 0.1) is 5.92 Å². The fourth-order valence-corrected chi connectivity index (χ4v) is 2.84. The van der Waals surface area contributed by atoms with Gasteiger partial charge in [-0.1, -0.05) is 0 Å². The van der Waals surface area contributed by atoms with Gasteiger partial charge in [-0.15, -0.1) is 11.3 Å². The number of nitrogens with one attached hydrogen (secondary N) is 1. The van der Waals surface area contributed by atoms with Crippen molar-refractivity contribution in [2.24, 2.45) is 5.92 Å². The lowest BCUT2D eigenvalue weighted by Crippen LogP contribution is -2.36. The second kappa shape index (κ2) is 4.92. The van der Waals surface area contributed by atoms with Crippen LogP contribution in [-0.4, -0.2) is 43.2 Å². The maximum absolute atomic E-state index is 5.53. The molecule has 4 nitrogen and oxygen atoms in total. The number of likely N-dealkylation sites (N-methyl/N-ethyl adjacent to an activating group) is 1. The van der Waals surface area contributed by atoms with E-state index >= 15 is 0 Å². The number of hydrogen-bond donors (Lipinski definition) is 1. The molecule has 0 spiro atoms. The van der Waals surface area contributed by atoms with Gasteiger partial charge >= 0.3 is 0 Å². The quantitative estimate of drug-likeness (QED) is 0.890. The number of thiazole rings is 1. The summed E-state index contributed by atoms with van der Waals surface area (Å²) in [6.07, 6.45) is 2.76. The van der Waals surface area contributed by atoms with Crippen LogP contribution in [-0.2, 0) is 4.74 Å². The molecule has 0 amide bonds. The van der Waals surface area contributed by atoms with E-state index in [1.54, 1.807) is 11.3 Å². The number of rotatable bonds is 4. The molecule has 1 atom stereocenters. The molecule has 1 aromatic heterocycles. The molecule has 2 aliphatic rings. The Morgan fingerprint density at radius 2 is 2.47 bits per heavy atom. The summed E-state index contributed by atoms with van der Waals surface area (Å²) in [5.41, 5.74) is 1.15. The van der Waals surface area contributed by atoms with Crippen LogP contribution in [0.5, 0.6) is 0 Å². The van der Waals surface area contributed by atoms with Crippen molar-refractivity contribution in [3.8, 4) is 0 Å². The second-order valence-corrected chi connectivity index (χ2v) is 5.83. The summed E-state index contributed by atoms with van der Waals surface area (Å²) in [6.45, 7) is 3.68. The molecule has 2 heterocycles. The second-order valence-electron chi connectivity index (χ2n) is 4.97. The first kappa shape index (κ1) is 11.4. The molecule has 0 unspecified atom stereocenters. The molecule has 1 aromatic rings. The molecule has 3 rings (SSSR count). The first-order chi connectivity index (χ1) is 8.33. The summed E-state index contributed by atoms with van der Waals surface area (Å²) in [6, 6.07) is 0.330. The molecule has 2 fully saturated rings. The van der Waals surface area contributed by atoms with Gasteiger partial charge in [-0.3, -0.25) is 4.90 Å². The van der Waals surface area contributed by atoms with Crippen molar-refractivity contribution in [3.63, 3.8) is 0 Å². The van der Waals surface area contributed by atoms with Gasteiger partial charge in [0.1, 0.15) is 0 Å². The van der Waals surface area contributed by atoms with E-state index in [9.17, 15) is 0 Å². The van der Waals surface area contributed by atoms with Gasteiger partial charge in [0.05, 0.1) is 24.9 Å². The highest BCUT2D eigenvalue weighted by atomic mass is 32.1. The number of hydrogen-bond acceptors (Lipinski definition) is 5. The van der Waals surface area contributed by atoms with Crippen molar-refractivity contribution in [3.05, 3.63) is 11.1 Å². The van der Waals surface area contributed by atoms with Gasteiger partial charge in [0, 0.05) is 18.5 Å². The van der Waals surface area contributed by atoms with Crippen LogP contribution in [0.1, 0.15) is 24.6 Å². The standard InChI is InChI=1S/C12H19N3OS/c1-15-4-5-16-7-11(15)10-8-17-12(14-10)13-6-9-2-3-9/h8-9,11H,2-7H2,1H3,(H,13,14)/t11-/m1/s1. The minimum Gasteiger partial charge on any atom is -0.378 e. The van der Waals surface area contributed by atoms with E-state index in [2.05, 4.69) is 27.6 Å². The average Bonchev–Trinajstić information content (AvgIpc) is 3.06. The highest BCUT2D eigenvalue weighted by Crippen LogP contribution is 2.30.